The van der Waals surface area contributed by atoms with Crippen LogP contribution in [0.5, 0.6) is 11.5 Å². The minimum absolute atomic E-state index is 0.137. The van der Waals surface area contributed by atoms with Crippen molar-refractivity contribution >= 4 is 5.91 Å². The maximum atomic E-state index is 12.1. The summed E-state index contributed by atoms with van der Waals surface area (Å²) in [6.07, 6.45) is 5.47. The number of hydrogen-bond donors (Lipinski definition) is 1. The SMILES string of the molecule is C[C@H](Cc1ccc2c(c1)OCO2)CN1CCc2nnc(CCNC(=O)c3ccoc3)n2CC1. The van der Waals surface area contributed by atoms with E-state index in [9.17, 15) is 4.79 Å². The summed E-state index contributed by atoms with van der Waals surface area (Å²) >= 11 is 0. The van der Waals surface area contributed by atoms with E-state index in [4.69, 9.17) is 13.9 Å². The maximum absolute atomic E-state index is 12.1. The first-order valence-electron chi connectivity index (χ1n) is 11.5. The van der Waals surface area contributed by atoms with Gasteiger partial charge in [0, 0.05) is 45.6 Å². The van der Waals surface area contributed by atoms with Gasteiger partial charge in [-0.2, -0.15) is 0 Å². The van der Waals surface area contributed by atoms with Crippen LogP contribution in [0.4, 0.5) is 0 Å². The van der Waals surface area contributed by atoms with Crippen molar-refractivity contribution in [2.45, 2.75) is 32.7 Å². The van der Waals surface area contributed by atoms with E-state index >= 15 is 0 Å². The van der Waals surface area contributed by atoms with Gasteiger partial charge in [-0.1, -0.05) is 13.0 Å². The normalized spacial score (nSPS) is 16.3. The molecule has 9 nitrogen and oxygen atoms in total. The fourth-order valence-corrected chi connectivity index (χ4v) is 4.55. The highest BCUT2D eigenvalue weighted by molar-refractivity contribution is 5.93. The second-order valence-electron chi connectivity index (χ2n) is 8.75. The van der Waals surface area contributed by atoms with Crippen molar-refractivity contribution in [3.8, 4) is 11.5 Å². The first-order valence-corrected chi connectivity index (χ1v) is 11.5. The van der Waals surface area contributed by atoms with Gasteiger partial charge in [-0.05, 0) is 36.1 Å². The topological polar surface area (TPSA) is 94.7 Å². The fourth-order valence-electron chi connectivity index (χ4n) is 4.55. The van der Waals surface area contributed by atoms with Crippen LogP contribution >= 0.6 is 0 Å². The molecular weight excluding hydrogens is 422 g/mol. The predicted octanol–water partition coefficient (Wildman–Crippen LogP) is 2.31. The van der Waals surface area contributed by atoms with Crippen LogP contribution in [0.15, 0.2) is 41.2 Å². The number of benzene rings is 1. The molecule has 5 rings (SSSR count). The fraction of sp³-hybridized carbons (Fsp3) is 0.458. The summed E-state index contributed by atoms with van der Waals surface area (Å²) in [6, 6.07) is 7.88. The van der Waals surface area contributed by atoms with Crippen LogP contribution < -0.4 is 14.8 Å². The number of nitrogens with one attached hydrogen (secondary N) is 1. The van der Waals surface area contributed by atoms with E-state index in [1.807, 2.05) is 6.07 Å². The number of carbonyl (C=O) groups excluding carboxylic acids is 1. The van der Waals surface area contributed by atoms with E-state index in [0.29, 0.717) is 31.2 Å². The number of fused-ring (bicyclic) bond motifs is 2. The number of aromatic nitrogens is 3. The van der Waals surface area contributed by atoms with Crippen molar-refractivity contribution in [3.05, 3.63) is 59.6 Å². The Balaban J connectivity index is 1.11. The lowest BCUT2D eigenvalue weighted by Gasteiger charge is -2.24. The van der Waals surface area contributed by atoms with Gasteiger partial charge in [0.15, 0.2) is 11.5 Å². The van der Waals surface area contributed by atoms with E-state index < -0.39 is 0 Å². The van der Waals surface area contributed by atoms with Crippen molar-refractivity contribution < 1.29 is 18.7 Å². The van der Waals surface area contributed by atoms with Crippen molar-refractivity contribution in [2.75, 3.05) is 33.0 Å². The molecule has 1 atom stereocenters. The Kier molecular flexibility index (Phi) is 6.30. The molecule has 1 aromatic carbocycles. The molecule has 1 amide bonds. The van der Waals surface area contributed by atoms with Gasteiger partial charge in [0.05, 0.1) is 11.8 Å². The maximum Gasteiger partial charge on any atom is 0.254 e. The summed E-state index contributed by atoms with van der Waals surface area (Å²) < 4.78 is 18.1. The van der Waals surface area contributed by atoms with Gasteiger partial charge >= 0.3 is 0 Å². The minimum Gasteiger partial charge on any atom is -0.472 e. The molecule has 33 heavy (non-hydrogen) atoms. The molecule has 0 spiro atoms. The number of hydrogen-bond acceptors (Lipinski definition) is 7. The van der Waals surface area contributed by atoms with E-state index in [1.54, 1.807) is 6.07 Å². The Labute approximate surface area is 192 Å². The Hall–Kier alpha value is -3.33. The van der Waals surface area contributed by atoms with Crippen molar-refractivity contribution in [1.29, 1.82) is 0 Å². The molecule has 0 fully saturated rings. The van der Waals surface area contributed by atoms with Crippen LogP contribution in [-0.2, 0) is 25.8 Å². The molecule has 2 aliphatic heterocycles. The number of amides is 1. The van der Waals surface area contributed by atoms with Crippen molar-refractivity contribution in [2.24, 2.45) is 5.92 Å². The van der Waals surface area contributed by atoms with E-state index in [0.717, 1.165) is 62.2 Å². The molecule has 4 heterocycles. The van der Waals surface area contributed by atoms with E-state index in [-0.39, 0.29) is 5.91 Å². The van der Waals surface area contributed by atoms with Crippen LogP contribution in [0.25, 0.3) is 0 Å². The zero-order valence-corrected chi connectivity index (χ0v) is 18.8. The largest absolute Gasteiger partial charge is 0.472 e. The molecule has 0 saturated carbocycles. The number of rotatable bonds is 8. The molecular formula is C24H29N5O4. The molecule has 174 valence electrons. The summed E-state index contributed by atoms with van der Waals surface area (Å²) in [6.45, 7) is 6.95. The second kappa shape index (κ2) is 9.66. The molecule has 0 radical (unpaired) electrons. The molecule has 2 aliphatic rings. The molecule has 3 aromatic rings. The Morgan fingerprint density at radius 2 is 2.06 bits per heavy atom. The standard InChI is InChI=1S/C24H29N5O4/c1-17(12-18-2-3-20-21(13-18)33-16-32-20)14-28-8-5-23-27-26-22(29(23)10-9-28)4-7-25-24(30)19-6-11-31-15-19/h2-3,6,11,13,15,17H,4-5,7-10,12,14,16H2,1H3,(H,25,30)/t17-/m1/s1. The Morgan fingerprint density at radius 1 is 1.15 bits per heavy atom. The lowest BCUT2D eigenvalue weighted by Crippen LogP contribution is -2.32. The summed E-state index contributed by atoms with van der Waals surface area (Å²) in [5.41, 5.74) is 1.80. The zero-order valence-electron chi connectivity index (χ0n) is 18.8. The molecule has 2 aromatic heterocycles. The van der Waals surface area contributed by atoms with Gasteiger partial charge in [-0.3, -0.25) is 4.79 Å². The number of furan rings is 1. The summed E-state index contributed by atoms with van der Waals surface area (Å²) in [5.74, 6) is 4.01. The predicted molar refractivity (Wildman–Crippen MR) is 120 cm³/mol. The number of carbonyl (C=O) groups is 1. The second-order valence-corrected chi connectivity index (χ2v) is 8.75. The van der Waals surface area contributed by atoms with Crippen LogP contribution in [0.2, 0.25) is 0 Å². The molecule has 9 heteroatoms. The molecule has 0 unspecified atom stereocenters. The van der Waals surface area contributed by atoms with Crippen LogP contribution in [-0.4, -0.2) is 58.5 Å². The summed E-state index contributed by atoms with van der Waals surface area (Å²) in [7, 11) is 0. The zero-order chi connectivity index (χ0) is 22.6. The summed E-state index contributed by atoms with van der Waals surface area (Å²) in [4.78, 5) is 14.6. The minimum atomic E-state index is -0.137. The van der Waals surface area contributed by atoms with E-state index in [2.05, 4.69) is 44.0 Å². The lowest BCUT2D eigenvalue weighted by molar-refractivity contribution is 0.0953. The van der Waals surface area contributed by atoms with Gasteiger partial charge in [-0.25, -0.2) is 0 Å². The third-order valence-electron chi connectivity index (χ3n) is 6.20. The monoisotopic (exact) mass is 451 g/mol. The van der Waals surface area contributed by atoms with Crippen molar-refractivity contribution in [1.82, 2.24) is 25.0 Å². The van der Waals surface area contributed by atoms with Gasteiger partial charge < -0.3 is 28.7 Å². The van der Waals surface area contributed by atoms with Gasteiger partial charge in [0.2, 0.25) is 6.79 Å². The molecule has 1 N–H and O–H groups in total. The van der Waals surface area contributed by atoms with Crippen LogP contribution in [0, 0.1) is 5.92 Å². The summed E-state index contributed by atoms with van der Waals surface area (Å²) in [5, 5.41) is 11.7. The Bertz CT molecular complexity index is 1090. The van der Waals surface area contributed by atoms with Crippen LogP contribution in [0.1, 0.15) is 34.5 Å². The molecule has 0 bridgehead atoms. The number of nitrogens with zero attached hydrogens (tertiary/aromatic N) is 4. The number of ether oxygens (including phenoxy) is 2. The van der Waals surface area contributed by atoms with Crippen LogP contribution in [0.3, 0.4) is 0 Å². The molecule has 0 saturated heterocycles. The Morgan fingerprint density at radius 3 is 2.94 bits per heavy atom. The van der Waals surface area contributed by atoms with Gasteiger partial charge in [-0.15, -0.1) is 10.2 Å². The quantitative estimate of drug-likeness (QED) is 0.562. The first kappa shape index (κ1) is 21.5. The van der Waals surface area contributed by atoms with E-state index in [1.165, 1.54) is 18.1 Å². The third kappa shape index (κ3) is 5.03. The first-order chi connectivity index (χ1) is 16.2. The average Bonchev–Trinajstić information content (AvgIpc) is 3.55. The van der Waals surface area contributed by atoms with Gasteiger partial charge in [0.25, 0.3) is 5.91 Å². The van der Waals surface area contributed by atoms with Gasteiger partial charge in [0.1, 0.15) is 17.9 Å². The van der Waals surface area contributed by atoms with Crippen molar-refractivity contribution in [3.63, 3.8) is 0 Å². The average molecular weight is 452 g/mol. The highest BCUT2D eigenvalue weighted by Gasteiger charge is 2.21. The highest BCUT2D eigenvalue weighted by Crippen LogP contribution is 2.33. The third-order valence-corrected chi connectivity index (χ3v) is 6.20. The lowest BCUT2D eigenvalue weighted by atomic mass is 10.00. The molecule has 0 aliphatic carbocycles. The smallest absolute Gasteiger partial charge is 0.254 e. The highest BCUT2D eigenvalue weighted by atomic mass is 16.7.